The van der Waals surface area contributed by atoms with Gasteiger partial charge in [0.05, 0.1) is 6.61 Å². The molecule has 0 radical (unpaired) electrons. The smallest absolute Gasteiger partial charge is 0.253 e. The Kier molecular flexibility index (Phi) is 13.5. The Balaban J connectivity index is 0.00000544. The van der Waals surface area contributed by atoms with Crippen LogP contribution in [0.3, 0.4) is 0 Å². The van der Waals surface area contributed by atoms with Crippen molar-refractivity contribution in [3.63, 3.8) is 0 Å². The fourth-order valence-electron chi connectivity index (χ4n) is 3.10. The van der Waals surface area contributed by atoms with Crippen molar-refractivity contribution in [3.8, 4) is 5.75 Å². The highest BCUT2D eigenvalue weighted by molar-refractivity contribution is 14.0. The van der Waals surface area contributed by atoms with Crippen molar-refractivity contribution in [3.05, 3.63) is 65.2 Å². The van der Waals surface area contributed by atoms with Crippen LogP contribution >= 0.6 is 24.0 Å². The number of hydrogen-bond donors (Lipinski definition) is 2. The van der Waals surface area contributed by atoms with Crippen LogP contribution in [0.15, 0.2) is 53.5 Å². The molecule has 2 aromatic carbocycles. The molecule has 0 heterocycles. The summed E-state index contributed by atoms with van der Waals surface area (Å²) >= 11 is 0. The molecule has 0 unspecified atom stereocenters. The number of halogens is 1. The van der Waals surface area contributed by atoms with Crippen LogP contribution in [0, 0.1) is 5.92 Å². The Morgan fingerprint density at radius 1 is 1.03 bits per heavy atom. The summed E-state index contributed by atoms with van der Waals surface area (Å²) < 4.78 is 5.74. The third kappa shape index (κ3) is 10.9. The number of carbonyl (C=O) groups is 1. The molecule has 0 saturated heterocycles. The monoisotopic (exact) mass is 566 g/mol. The summed E-state index contributed by atoms with van der Waals surface area (Å²) in [5.74, 6) is 2.27. The molecule has 0 aromatic heterocycles. The third-order valence-corrected chi connectivity index (χ3v) is 4.81. The molecule has 0 aliphatic rings. The fraction of sp³-hybridized carbons (Fsp3) is 0.462. The predicted molar refractivity (Wildman–Crippen MR) is 148 cm³/mol. The van der Waals surface area contributed by atoms with Crippen molar-refractivity contribution in [2.45, 2.75) is 33.6 Å². The number of rotatable bonds is 11. The number of amides is 1. The van der Waals surface area contributed by atoms with E-state index in [0.717, 1.165) is 49.8 Å². The van der Waals surface area contributed by atoms with Gasteiger partial charge in [-0.15, -0.1) is 24.0 Å². The highest BCUT2D eigenvalue weighted by Gasteiger charge is 2.08. The van der Waals surface area contributed by atoms with Gasteiger partial charge < -0.3 is 20.3 Å². The maximum Gasteiger partial charge on any atom is 0.253 e. The van der Waals surface area contributed by atoms with Gasteiger partial charge >= 0.3 is 0 Å². The minimum Gasteiger partial charge on any atom is -0.493 e. The van der Waals surface area contributed by atoms with Gasteiger partial charge in [-0.25, -0.2) is 0 Å². The molecule has 0 atom stereocenters. The number of nitrogens with zero attached hydrogens (tertiary/aromatic N) is 2. The van der Waals surface area contributed by atoms with Crippen LogP contribution in [-0.2, 0) is 12.8 Å². The molecule has 7 heteroatoms. The van der Waals surface area contributed by atoms with E-state index < -0.39 is 0 Å². The van der Waals surface area contributed by atoms with Crippen molar-refractivity contribution >= 4 is 35.8 Å². The van der Waals surface area contributed by atoms with E-state index >= 15 is 0 Å². The molecule has 2 aromatic rings. The van der Waals surface area contributed by atoms with E-state index in [-0.39, 0.29) is 29.9 Å². The normalized spacial score (nSPS) is 11.0. The Labute approximate surface area is 216 Å². The van der Waals surface area contributed by atoms with E-state index in [9.17, 15) is 4.79 Å². The predicted octanol–water partition coefficient (Wildman–Crippen LogP) is 4.38. The van der Waals surface area contributed by atoms with E-state index in [1.54, 1.807) is 19.0 Å². The second-order valence-corrected chi connectivity index (χ2v) is 8.44. The van der Waals surface area contributed by atoms with Crippen LogP contribution in [-0.4, -0.2) is 57.1 Å². The Hall–Kier alpha value is -2.29. The Morgan fingerprint density at radius 3 is 2.39 bits per heavy atom. The first-order valence-corrected chi connectivity index (χ1v) is 11.4. The minimum atomic E-state index is 0. The van der Waals surface area contributed by atoms with Crippen LogP contribution in [0.1, 0.15) is 42.3 Å². The van der Waals surface area contributed by atoms with Gasteiger partial charge in [-0.05, 0) is 61.1 Å². The van der Waals surface area contributed by atoms with E-state index in [1.807, 2.05) is 36.4 Å². The second kappa shape index (κ2) is 15.5. The molecular formula is C26H39IN4O2. The van der Waals surface area contributed by atoms with Crippen molar-refractivity contribution < 1.29 is 9.53 Å². The molecule has 0 saturated carbocycles. The van der Waals surface area contributed by atoms with Crippen molar-refractivity contribution in [2.24, 2.45) is 10.9 Å². The van der Waals surface area contributed by atoms with Gasteiger partial charge in [-0.3, -0.25) is 9.79 Å². The molecular weight excluding hydrogens is 527 g/mol. The van der Waals surface area contributed by atoms with Crippen LogP contribution in [0.5, 0.6) is 5.75 Å². The van der Waals surface area contributed by atoms with Crippen LogP contribution in [0.4, 0.5) is 0 Å². The lowest BCUT2D eigenvalue weighted by Gasteiger charge is -2.13. The summed E-state index contributed by atoms with van der Waals surface area (Å²) in [5.41, 5.74) is 3.08. The zero-order valence-electron chi connectivity index (χ0n) is 20.6. The third-order valence-electron chi connectivity index (χ3n) is 4.81. The first kappa shape index (κ1) is 28.7. The lowest BCUT2D eigenvalue weighted by Crippen LogP contribution is -2.38. The van der Waals surface area contributed by atoms with E-state index in [2.05, 4.69) is 43.5 Å². The zero-order valence-corrected chi connectivity index (χ0v) is 22.9. The van der Waals surface area contributed by atoms with Crippen LogP contribution < -0.4 is 15.4 Å². The first-order valence-electron chi connectivity index (χ1n) is 11.4. The van der Waals surface area contributed by atoms with E-state index in [4.69, 9.17) is 9.73 Å². The summed E-state index contributed by atoms with van der Waals surface area (Å²) in [6.45, 7) is 9.33. The molecule has 2 N–H and O–H groups in total. The molecule has 1 amide bonds. The SMILES string of the molecule is CCNC(=NCCc1ccc(OCC(C)C)cc1)NCCc1cccc(C(=O)N(C)C)c1.I. The summed E-state index contributed by atoms with van der Waals surface area (Å²) in [6.07, 6.45) is 1.69. The van der Waals surface area contributed by atoms with Crippen LogP contribution in [0.25, 0.3) is 0 Å². The fourth-order valence-corrected chi connectivity index (χ4v) is 3.10. The molecule has 182 valence electrons. The van der Waals surface area contributed by atoms with E-state index in [1.165, 1.54) is 5.56 Å². The quantitative estimate of drug-likeness (QED) is 0.241. The average molecular weight is 567 g/mol. The van der Waals surface area contributed by atoms with Crippen molar-refractivity contribution in [1.29, 1.82) is 0 Å². The summed E-state index contributed by atoms with van der Waals surface area (Å²) in [6, 6.07) is 16.1. The highest BCUT2D eigenvalue weighted by Crippen LogP contribution is 2.13. The molecule has 0 aliphatic heterocycles. The largest absolute Gasteiger partial charge is 0.493 e. The molecule has 0 bridgehead atoms. The Morgan fingerprint density at radius 2 is 1.76 bits per heavy atom. The first-order chi connectivity index (χ1) is 15.4. The number of carbonyl (C=O) groups excluding carboxylic acids is 1. The topological polar surface area (TPSA) is 66.0 Å². The lowest BCUT2D eigenvalue weighted by atomic mass is 10.1. The summed E-state index contributed by atoms with van der Waals surface area (Å²) in [4.78, 5) is 18.4. The molecule has 33 heavy (non-hydrogen) atoms. The van der Waals surface area contributed by atoms with Crippen molar-refractivity contribution in [1.82, 2.24) is 15.5 Å². The van der Waals surface area contributed by atoms with Gasteiger partial charge in [-0.1, -0.05) is 38.1 Å². The maximum atomic E-state index is 12.2. The number of guanidine groups is 1. The number of aliphatic imine (C=N–C) groups is 1. The van der Waals surface area contributed by atoms with Gasteiger partial charge in [0, 0.05) is 39.3 Å². The highest BCUT2D eigenvalue weighted by atomic mass is 127. The molecule has 0 fully saturated rings. The lowest BCUT2D eigenvalue weighted by molar-refractivity contribution is 0.0827. The molecule has 0 aliphatic carbocycles. The van der Waals surface area contributed by atoms with E-state index in [0.29, 0.717) is 18.0 Å². The van der Waals surface area contributed by atoms with Gasteiger partial charge in [0.2, 0.25) is 0 Å². The Bertz CT molecular complexity index is 867. The van der Waals surface area contributed by atoms with Crippen LogP contribution in [0.2, 0.25) is 0 Å². The standard InChI is InChI=1S/C26H38N4O2.HI/c1-6-27-26(28-16-14-21-10-12-24(13-11-21)32-19-20(2)3)29-17-15-22-8-7-9-23(18-22)25(31)30(4)5;/h7-13,18,20H,6,14-17,19H2,1-5H3,(H2,27,28,29);1H. The van der Waals surface area contributed by atoms with Crippen molar-refractivity contribution in [2.75, 3.05) is 40.3 Å². The molecule has 2 rings (SSSR count). The summed E-state index contributed by atoms with van der Waals surface area (Å²) in [5, 5.41) is 6.68. The second-order valence-electron chi connectivity index (χ2n) is 8.44. The molecule has 0 spiro atoms. The van der Waals surface area contributed by atoms with Gasteiger partial charge in [0.25, 0.3) is 5.91 Å². The summed E-state index contributed by atoms with van der Waals surface area (Å²) in [7, 11) is 3.54. The van der Waals surface area contributed by atoms with Gasteiger partial charge in [0.15, 0.2) is 5.96 Å². The number of nitrogens with one attached hydrogen (secondary N) is 2. The number of benzene rings is 2. The minimum absolute atomic E-state index is 0. The maximum absolute atomic E-state index is 12.2. The number of ether oxygens (including phenoxy) is 1. The number of hydrogen-bond acceptors (Lipinski definition) is 3. The van der Waals surface area contributed by atoms with Gasteiger partial charge in [0.1, 0.15) is 5.75 Å². The molecule has 6 nitrogen and oxygen atoms in total. The van der Waals surface area contributed by atoms with Gasteiger partial charge in [-0.2, -0.15) is 0 Å². The zero-order chi connectivity index (χ0) is 23.3. The average Bonchev–Trinajstić information content (AvgIpc) is 2.78.